The summed E-state index contributed by atoms with van der Waals surface area (Å²) in [5.74, 6) is -1.01. The van der Waals surface area contributed by atoms with Gasteiger partial charge in [0, 0.05) is 11.8 Å². The Bertz CT molecular complexity index is 879. The highest BCUT2D eigenvalue weighted by Gasteiger charge is 2.70. The lowest BCUT2D eigenvalue weighted by Gasteiger charge is -2.60. The van der Waals surface area contributed by atoms with Gasteiger partial charge in [-0.2, -0.15) is 0 Å². The number of fused-ring (bicyclic) bond motifs is 5. The van der Waals surface area contributed by atoms with Crippen molar-refractivity contribution in [1.29, 1.82) is 0 Å². The van der Waals surface area contributed by atoms with Gasteiger partial charge < -0.3 is 20.0 Å². The summed E-state index contributed by atoms with van der Waals surface area (Å²) in [5, 5.41) is 23.0. The van der Waals surface area contributed by atoms with Gasteiger partial charge in [-0.05, 0) is 67.3 Å². The zero-order chi connectivity index (χ0) is 23.0. The molecule has 8 nitrogen and oxygen atoms in total. The monoisotopic (exact) mass is 456 g/mol. The summed E-state index contributed by atoms with van der Waals surface area (Å²) in [6, 6.07) is 0. The van der Waals surface area contributed by atoms with Gasteiger partial charge in [0.05, 0.1) is 6.10 Å². The van der Waals surface area contributed by atoms with Crippen LogP contribution in [0.1, 0.15) is 59.3 Å². The molecule has 0 unspecified atom stereocenters. The molecule has 0 amide bonds. The van der Waals surface area contributed by atoms with Crippen LogP contribution in [0.25, 0.3) is 0 Å². The van der Waals surface area contributed by atoms with Crippen molar-refractivity contribution in [2.24, 2.45) is 34.5 Å². The number of hydrogen-bond acceptors (Lipinski definition) is 6. The van der Waals surface area contributed by atoms with Crippen LogP contribution in [0.2, 0.25) is 0 Å². The van der Waals surface area contributed by atoms with Crippen LogP contribution in [-0.2, 0) is 18.7 Å². The van der Waals surface area contributed by atoms with Crippen LogP contribution < -0.4 is 0 Å². The second-order valence-electron chi connectivity index (χ2n) is 10.7. The molecule has 8 atom stereocenters. The van der Waals surface area contributed by atoms with Crippen molar-refractivity contribution in [2.75, 3.05) is 6.61 Å². The second-order valence-corrected chi connectivity index (χ2v) is 11.9. The summed E-state index contributed by atoms with van der Waals surface area (Å²) in [6.07, 6.45) is 4.55. The van der Waals surface area contributed by atoms with Crippen molar-refractivity contribution in [1.82, 2.24) is 0 Å². The first-order valence-corrected chi connectivity index (χ1v) is 12.6. The molecule has 0 heterocycles. The first kappa shape index (κ1) is 23.3. The number of rotatable bonds is 4. The molecule has 4 N–H and O–H groups in total. The Balaban J connectivity index is 1.68. The van der Waals surface area contributed by atoms with Crippen molar-refractivity contribution in [3.63, 3.8) is 0 Å². The van der Waals surface area contributed by atoms with Gasteiger partial charge in [0.25, 0.3) is 0 Å². The maximum absolute atomic E-state index is 13.0. The first-order chi connectivity index (χ1) is 14.2. The summed E-state index contributed by atoms with van der Waals surface area (Å²) in [7, 11) is -4.85. The van der Waals surface area contributed by atoms with Crippen LogP contribution >= 0.6 is 7.82 Å². The smallest absolute Gasteiger partial charge is 0.393 e. The second kappa shape index (κ2) is 7.31. The third-order valence-corrected chi connectivity index (χ3v) is 9.73. The molecular formula is C22H33O8P. The predicted molar refractivity (Wildman–Crippen MR) is 111 cm³/mol. The summed E-state index contributed by atoms with van der Waals surface area (Å²) in [6.45, 7) is 4.88. The average molecular weight is 456 g/mol. The SMILES string of the molecule is C[C@H]1C[C@H]2[C@@H]3CCC4=CC(=O)CC[C@]4(C)[C@H]3[C@@H](O)C[C@]2(C)[C@@]1(O)C(=O)COP(=O)(O)O. The van der Waals surface area contributed by atoms with Crippen LogP contribution in [0.4, 0.5) is 0 Å². The largest absolute Gasteiger partial charge is 0.470 e. The van der Waals surface area contributed by atoms with Gasteiger partial charge in [0.15, 0.2) is 11.6 Å². The van der Waals surface area contributed by atoms with Crippen molar-refractivity contribution in [2.45, 2.75) is 71.0 Å². The Morgan fingerprint density at radius 3 is 2.61 bits per heavy atom. The molecule has 3 saturated carbocycles. The normalized spacial score (nSPS) is 47.3. The Labute approximate surface area is 182 Å². The molecule has 9 heteroatoms. The van der Waals surface area contributed by atoms with E-state index >= 15 is 0 Å². The van der Waals surface area contributed by atoms with Gasteiger partial charge in [-0.15, -0.1) is 0 Å². The summed E-state index contributed by atoms with van der Waals surface area (Å²) >= 11 is 0. The van der Waals surface area contributed by atoms with Crippen LogP contribution in [0.5, 0.6) is 0 Å². The number of phosphoric ester groups is 1. The quantitative estimate of drug-likeness (QED) is 0.472. The van der Waals surface area contributed by atoms with Gasteiger partial charge in [-0.1, -0.05) is 26.3 Å². The van der Waals surface area contributed by atoms with E-state index in [0.29, 0.717) is 19.3 Å². The average Bonchev–Trinajstić information content (AvgIpc) is 2.87. The number of ketones is 2. The van der Waals surface area contributed by atoms with Crippen LogP contribution in [-0.4, -0.2) is 49.9 Å². The molecular weight excluding hydrogens is 423 g/mol. The van der Waals surface area contributed by atoms with E-state index in [-0.39, 0.29) is 35.4 Å². The van der Waals surface area contributed by atoms with E-state index in [1.165, 1.54) is 0 Å². The number of aliphatic hydroxyl groups excluding tert-OH is 1. The van der Waals surface area contributed by atoms with Gasteiger partial charge >= 0.3 is 7.82 Å². The maximum Gasteiger partial charge on any atom is 0.470 e. The molecule has 0 aromatic carbocycles. The number of carbonyl (C=O) groups is 2. The van der Waals surface area contributed by atoms with Crippen molar-refractivity contribution >= 4 is 19.4 Å². The molecule has 4 rings (SSSR count). The first-order valence-electron chi connectivity index (χ1n) is 11.1. The third-order valence-electron chi connectivity index (χ3n) is 9.27. The molecule has 3 fully saturated rings. The van der Waals surface area contributed by atoms with E-state index in [0.717, 1.165) is 18.4 Å². The summed E-state index contributed by atoms with van der Waals surface area (Å²) in [4.78, 5) is 43.0. The summed E-state index contributed by atoms with van der Waals surface area (Å²) < 4.78 is 15.5. The number of carbonyl (C=O) groups excluding carboxylic acids is 2. The fraction of sp³-hybridized carbons (Fsp3) is 0.818. The van der Waals surface area contributed by atoms with Crippen molar-refractivity contribution in [3.05, 3.63) is 11.6 Å². The number of aliphatic hydroxyl groups is 2. The minimum Gasteiger partial charge on any atom is -0.393 e. The molecule has 31 heavy (non-hydrogen) atoms. The Kier molecular flexibility index (Phi) is 5.49. The topological polar surface area (TPSA) is 141 Å². The Morgan fingerprint density at radius 2 is 1.97 bits per heavy atom. The predicted octanol–water partition coefficient (Wildman–Crippen LogP) is 2.14. The minimum absolute atomic E-state index is 0.0177. The van der Waals surface area contributed by atoms with E-state index in [2.05, 4.69) is 11.4 Å². The highest BCUT2D eigenvalue weighted by atomic mass is 31.2. The third kappa shape index (κ3) is 3.33. The molecule has 0 aromatic heterocycles. The fourth-order valence-corrected chi connectivity index (χ4v) is 8.15. The van der Waals surface area contributed by atoms with Crippen LogP contribution in [0.3, 0.4) is 0 Å². The van der Waals surface area contributed by atoms with E-state index < -0.39 is 43.3 Å². The van der Waals surface area contributed by atoms with Gasteiger partial charge in [0.2, 0.25) is 0 Å². The van der Waals surface area contributed by atoms with Gasteiger partial charge in [-0.3, -0.25) is 14.1 Å². The number of hydrogen-bond donors (Lipinski definition) is 4. The molecule has 4 aliphatic carbocycles. The molecule has 4 aliphatic rings. The minimum atomic E-state index is -4.85. The maximum atomic E-state index is 13.0. The molecule has 174 valence electrons. The summed E-state index contributed by atoms with van der Waals surface area (Å²) in [5.41, 5.74) is -1.92. The van der Waals surface area contributed by atoms with Gasteiger partial charge in [-0.25, -0.2) is 4.57 Å². The number of Topliss-reactive ketones (excluding diaryl/α,β-unsaturated/α-hetero) is 1. The fourth-order valence-electron chi connectivity index (χ4n) is 7.87. The van der Waals surface area contributed by atoms with E-state index in [4.69, 9.17) is 9.79 Å². The standard InChI is InChI=1S/C22H33O8P/c1-12-8-16-15-5-4-13-9-14(23)6-7-20(13,2)19(15)17(24)10-21(16,3)22(12,26)18(25)11-30-31(27,28)29/h9,12,15-17,19,24,26H,4-8,10-11H2,1-3H3,(H2,27,28,29)/t12-,15-,16-,17-,19+,20-,21-,22-/m0/s1. The molecule has 0 spiro atoms. The van der Waals surface area contributed by atoms with Crippen LogP contribution in [0, 0.1) is 34.5 Å². The highest BCUT2D eigenvalue weighted by molar-refractivity contribution is 7.46. The number of phosphoric acid groups is 1. The van der Waals surface area contributed by atoms with Crippen molar-refractivity contribution in [3.8, 4) is 0 Å². The van der Waals surface area contributed by atoms with E-state index in [1.54, 1.807) is 13.0 Å². The zero-order valence-electron chi connectivity index (χ0n) is 18.3. The highest BCUT2D eigenvalue weighted by Crippen LogP contribution is 2.68. The van der Waals surface area contributed by atoms with Crippen molar-refractivity contribution < 1.29 is 38.7 Å². The molecule has 0 radical (unpaired) electrons. The molecule has 0 aliphatic heterocycles. The number of allylic oxidation sites excluding steroid dienone is 1. The van der Waals surface area contributed by atoms with Crippen LogP contribution in [0.15, 0.2) is 11.6 Å². The zero-order valence-corrected chi connectivity index (χ0v) is 19.2. The Morgan fingerprint density at radius 1 is 1.29 bits per heavy atom. The molecule has 0 saturated heterocycles. The van der Waals surface area contributed by atoms with E-state index in [9.17, 15) is 24.4 Å². The molecule has 0 aromatic rings. The van der Waals surface area contributed by atoms with Gasteiger partial charge in [0.1, 0.15) is 12.2 Å². The lowest BCUT2D eigenvalue weighted by Crippen LogP contribution is -2.63. The Hall–Kier alpha value is -0.890. The molecule has 0 bridgehead atoms. The lowest BCUT2D eigenvalue weighted by molar-refractivity contribution is -0.186. The lowest BCUT2D eigenvalue weighted by atomic mass is 9.45. The van der Waals surface area contributed by atoms with E-state index in [1.807, 2.05) is 6.92 Å².